The van der Waals surface area contributed by atoms with Crippen LogP contribution in [0.25, 0.3) is 0 Å². The van der Waals surface area contributed by atoms with Crippen LogP contribution < -0.4 is 21.7 Å². The Kier molecular flexibility index (Phi) is 9.20. The minimum atomic E-state index is -4.96. The maximum Gasteiger partial charge on any atom is 0.404 e. The van der Waals surface area contributed by atoms with E-state index in [-0.39, 0.29) is 40.8 Å². The molecular formula is C25H28BrF3N2O5S. The molecule has 202 valence electrons. The number of halogens is 4. The topological polar surface area (TPSA) is 89.5 Å². The average molecular weight is 605 g/mol. The zero-order chi connectivity index (χ0) is 26.0. The second-order valence-corrected chi connectivity index (χ2v) is 11.3. The zero-order valence-electron chi connectivity index (χ0n) is 19.9. The Bertz CT molecular complexity index is 1190. The Balaban J connectivity index is 0.00000380. The molecule has 3 aliphatic heterocycles. The summed E-state index contributed by atoms with van der Waals surface area (Å²) >= 11 is 0. The van der Waals surface area contributed by atoms with E-state index < -0.39 is 40.1 Å². The number of carbonyl (C=O) groups is 2. The van der Waals surface area contributed by atoms with Gasteiger partial charge < -0.3 is 26.2 Å². The lowest BCUT2D eigenvalue weighted by molar-refractivity contribution is -0.938. The van der Waals surface area contributed by atoms with Gasteiger partial charge in [0.1, 0.15) is 19.1 Å². The van der Waals surface area contributed by atoms with Crippen LogP contribution in [-0.2, 0) is 19.6 Å². The van der Waals surface area contributed by atoms with Gasteiger partial charge in [-0.25, -0.2) is 13.2 Å². The standard InChI is InChI=1S/C25H28F3N2O5S.BrH/c26-25(27,28)17-36(33,34)29-23(20-9-5-2-6-10-20)24(32)35-22-16-30(13-11-19(22)12-14-30)15-21(31)18-7-3-1-4-8-18;/h1-10,19,22-23,29H,11-17H2;1H/q+1;/p-1/t19?,22-,23?,30?;/m0./s1. The first-order valence-corrected chi connectivity index (χ1v) is 13.4. The number of carbonyl (C=O) groups excluding carboxylic acids is 2. The highest BCUT2D eigenvalue weighted by molar-refractivity contribution is 7.89. The number of ether oxygens (including phenoxy) is 1. The van der Waals surface area contributed by atoms with Crippen molar-refractivity contribution in [2.45, 2.75) is 31.2 Å². The summed E-state index contributed by atoms with van der Waals surface area (Å²) in [6.07, 6.45) is -4.07. The maximum atomic E-state index is 13.2. The minimum Gasteiger partial charge on any atom is -1.00 e. The van der Waals surface area contributed by atoms with E-state index in [2.05, 4.69) is 0 Å². The number of quaternary nitrogens is 1. The van der Waals surface area contributed by atoms with Crippen LogP contribution in [-0.4, -0.2) is 68.9 Å². The van der Waals surface area contributed by atoms with Crippen molar-refractivity contribution in [2.75, 3.05) is 31.9 Å². The number of alkyl halides is 3. The molecule has 7 nitrogen and oxygen atoms in total. The van der Waals surface area contributed by atoms with E-state index in [4.69, 9.17) is 4.74 Å². The van der Waals surface area contributed by atoms with Gasteiger partial charge in [-0.2, -0.15) is 17.9 Å². The number of benzene rings is 2. The van der Waals surface area contributed by atoms with Crippen molar-refractivity contribution in [3.63, 3.8) is 0 Å². The Morgan fingerprint density at radius 3 is 2.14 bits per heavy atom. The summed E-state index contributed by atoms with van der Waals surface area (Å²) in [6, 6.07) is 15.0. The van der Waals surface area contributed by atoms with E-state index in [1.54, 1.807) is 42.5 Å². The lowest BCUT2D eigenvalue weighted by atomic mass is 9.82. The number of fused-ring (bicyclic) bond motifs is 3. The Hall–Kier alpha value is -2.28. The molecule has 0 amide bonds. The number of esters is 1. The fourth-order valence-corrected chi connectivity index (χ4v) is 6.25. The highest BCUT2D eigenvalue weighted by Crippen LogP contribution is 2.36. The predicted molar refractivity (Wildman–Crippen MR) is 125 cm³/mol. The van der Waals surface area contributed by atoms with Crippen molar-refractivity contribution in [3.05, 3.63) is 71.8 Å². The number of Topliss-reactive ketones (excluding diaryl/α,β-unsaturated/α-hetero) is 1. The van der Waals surface area contributed by atoms with Crippen molar-refractivity contribution in [1.29, 1.82) is 0 Å². The fourth-order valence-electron chi connectivity index (χ4n) is 5.15. The van der Waals surface area contributed by atoms with Crippen molar-refractivity contribution in [3.8, 4) is 0 Å². The number of hydrogen-bond acceptors (Lipinski definition) is 5. The largest absolute Gasteiger partial charge is 1.00 e. The number of sulfonamides is 1. The highest BCUT2D eigenvalue weighted by atomic mass is 79.9. The normalized spacial score (nSPS) is 24.1. The third-order valence-corrected chi connectivity index (χ3v) is 8.21. The van der Waals surface area contributed by atoms with Crippen LogP contribution in [0.5, 0.6) is 0 Å². The Labute approximate surface area is 224 Å². The molecule has 1 unspecified atom stereocenters. The molecule has 0 aliphatic carbocycles. The van der Waals surface area contributed by atoms with E-state index in [0.717, 1.165) is 25.9 Å². The molecule has 0 aromatic heterocycles. The van der Waals surface area contributed by atoms with Gasteiger partial charge in [-0.05, 0) is 5.56 Å². The van der Waals surface area contributed by atoms with Crippen LogP contribution in [0.4, 0.5) is 13.2 Å². The van der Waals surface area contributed by atoms with Gasteiger partial charge in [0.05, 0.1) is 13.1 Å². The summed E-state index contributed by atoms with van der Waals surface area (Å²) in [5.41, 5.74) is 0.784. The van der Waals surface area contributed by atoms with Crippen LogP contribution in [0.15, 0.2) is 60.7 Å². The molecule has 3 fully saturated rings. The van der Waals surface area contributed by atoms with Gasteiger partial charge in [-0.1, -0.05) is 60.7 Å². The van der Waals surface area contributed by atoms with Crippen molar-refractivity contribution >= 4 is 21.8 Å². The molecule has 0 spiro atoms. The van der Waals surface area contributed by atoms with Gasteiger partial charge in [0.2, 0.25) is 15.8 Å². The molecule has 5 rings (SSSR count). The molecule has 1 N–H and O–H groups in total. The van der Waals surface area contributed by atoms with Crippen LogP contribution >= 0.6 is 0 Å². The quantitative estimate of drug-likeness (QED) is 0.252. The SMILES string of the molecule is O=C(C[N+]12CCC(CC1)[C@@H](OC(=O)C(NS(=O)(=O)CC(F)(F)F)c1ccccc1)C2)c1ccccc1.[Br-]. The molecule has 0 radical (unpaired) electrons. The zero-order valence-corrected chi connectivity index (χ0v) is 22.3. The summed E-state index contributed by atoms with van der Waals surface area (Å²) in [5, 5.41) is 0. The van der Waals surface area contributed by atoms with E-state index in [0.29, 0.717) is 16.6 Å². The lowest BCUT2D eigenvalue weighted by Crippen LogP contribution is -3.00. The summed E-state index contributed by atoms with van der Waals surface area (Å²) in [5.74, 6) is -3.03. The number of rotatable bonds is 9. The second-order valence-electron chi connectivity index (χ2n) is 9.57. The van der Waals surface area contributed by atoms with E-state index in [9.17, 15) is 31.2 Å². The molecule has 2 atom stereocenters. The molecule has 3 aliphatic rings. The van der Waals surface area contributed by atoms with Crippen molar-refractivity contribution < 1.29 is 57.4 Å². The molecule has 3 saturated heterocycles. The number of piperidine rings is 3. The smallest absolute Gasteiger partial charge is 0.404 e. The first kappa shape index (κ1) is 29.3. The molecule has 2 aromatic rings. The second kappa shape index (κ2) is 11.6. The molecule has 2 aromatic carbocycles. The van der Waals surface area contributed by atoms with Crippen molar-refractivity contribution in [1.82, 2.24) is 4.72 Å². The van der Waals surface area contributed by atoms with Crippen LogP contribution in [0.3, 0.4) is 0 Å². The lowest BCUT2D eigenvalue weighted by Gasteiger charge is -2.51. The predicted octanol–water partition coefficient (Wildman–Crippen LogP) is 0.249. The van der Waals surface area contributed by atoms with Crippen molar-refractivity contribution in [2.24, 2.45) is 5.92 Å². The minimum absolute atomic E-state index is 0. The maximum absolute atomic E-state index is 13.2. The summed E-state index contributed by atoms with van der Waals surface area (Å²) in [6.45, 7) is 2.17. The molecule has 12 heteroatoms. The molecule has 37 heavy (non-hydrogen) atoms. The number of hydrogen-bond donors (Lipinski definition) is 1. The first-order valence-electron chi connectivity index (χ1n) is 11.7. The van der Waals surface area contributed by atoms with E-state index in [1.807, 2.05) is 10.8 Å². The van der Waals surface area contributed by atoms with Gasteiger partial charge in [-0.3, -0.25) is 4.79 Å². The van der Waals surface area contributed by atoms with E-state index >= 15 is 0 Å². The summed E-state index contributed by atoms with van der Waals surface area (Å²) < 4.78 is 70.8. The molecule has 3 heterocycles. The number of nitrogens with zero attached hydrogens (tertiary/aromatic N) is 1. The monoisotopic (exact) mass is 604 g/mol. The van der Waals surface area contributed by atoms with Gasteiger partial charge in [0.25, 0.3) is 0 Å². The summed E-state index contributed by atoms with van der Waals surface area (Å²) in [4.78, 5) is 26.1. The van der Waals surface area contributed by atoms with Gasteiger partial charge in [0.15, 0.2) is 11.9 Å². The van der Waals surface area contributed by atoms with E-state index in [1.165, 1.54) is 12.1 Å². The fraction of sp³-hybridized carbons (Fsp3) is 0.440. The third-order valence-electron chi connectivity index (χ3n) is 6.90. The number of ketones is 1. The van der Waals surface area contributed by atoms with Gasteiger partial charge >= 0.3 is 12.1 Å². The number of nitrogens with one attached hydrogen (secondary N) is 1. The average Bonchev–Trinajstić information content (AvgIpc) is 2.82. The first-order chi connectivity index (χ1) is 17.0. The van der Waals surface area contributed by atoms with Gasteiger partial charge in [-0.15, -0.1) is 0 Å². The van der Waals surface area contributed by atoms with Crippen LogP contribution in [0.1, 0.15) is 34.8 Å². The van der Waals surface area contributed by atoms with Crippen LogP contribution in [0, 0.1) is 5.92 Å². The highest BCUT2D eigenvalue weighted by Gasteiger charge is 2.49. The molecule has 2 bridgehead atoms. The third kappa shape index (κ3) is 7.62. The Morgan fingerprint density at radius 2 is 1.57 bits per heavy atom. The van der Waals surface area contributed by atoms with Gasteiger partial charge in [0, 0.05) is 24.3 Å². The summed E-state index contributed by atoms with van der Waals surface area (Å²) in [7, 11) is -4.87. The molecular weight excluding hydrogens is 577 g/mol. The molecule has 0 saturated carbocycles. The van der Waals surface area contributed by atoms with Crippen LogP contribution in [0.2, 0.25) is 0 Å². The Morgan fingerprint density at radius 1 is 1.00 bits per heavy atom.